The molecule has 2 amide bonds. The van der Waals surface area contributed by atoms with Crippen LogP contribution in [0.15, 0.2) is 36.7 Å². The second-order valence-electron chi connectivity index (χ2n) is 9.60. The molecule has 2 atom stereocenters. The van der Waals surface area contributed by atoms with Crippen molar-refractivity contribution in [3.63, 3.8) is 0 Å². The summed E-state index contributed by atoms with van der Waals surface area (Å²) in [5.41, 5.74) is -0.238. The summed E-state index contributed by atoms with van der Waals surface area (Å²) < 4.78 is 10.6. The number of amides is 2. The van der Waals surface area contributed by atoms with Gasteiger partial charge in [0.1, 0.15) is 30.0 Å². The molecule has 190 valence electrons. The second kappa shape index (κ2) is 12.1. The number of esters is 2. The van der Waals surface area contributed by atoms with Gasteiger partial charge < -0.3 is 25.1 Å². The molecule has 10 nitrogen and oxygen atoms in total. The lowest BCUT2D eigenvalue weighted by molar-refractivity contribution is -0.156. The molecule has 2 unspecified atom stereocenters. The zero-order valence-electron chi connectivity index (χ0n) is 21.0. The number of H-pyrrole nitrogens is 1. The number of ether oxygens (including phenoxy) is 2. The molecule has 2 aromatic rings. The second-order valence-corrected chi connectivity index (χ2v) is 9.60. The van der Waals surface area contributed by atoms with Gasteiger partial charge in [0.05, 0.1) is 6.33 Å². The number of aromatic amines is 1. The molecule has 0 saturated heterocycles. The summed E-state index contributed by atoms with van der Waals surface area (Å²) in [6.45, 7) is 10.5. The highest BCUT2D eigenvalue weighted by atomic mass is 16.6. The Morgan fingerprint density at radius 1 is 0.971 bits per heavy atom. The van der Waals surface area contributed by atoms with Crippen molar-refractivity contribution in [1.82, 2.24) is 20.6 Å². The molecule has 0 spiro atoms. The summed E-state index contributed by atoms with van der Waals surface area (Å²) >= 11 is 0. The molecular weight excluding hydrogens is 452 g/mol. The van der Waals surface area contributed by atoms with Gasteiger partial charge in [-0.1, -0.05) is 44.2 Å². The molecule has 0 aliphatic heterocycles. The molecule has 35 heavy (non-hydrogen) atoms. The predicted octanol–water partition coefficient (Wildman–Crippen LogP) is 2.76. The molecule has 3 N–H and O–H groups in total. The Hall–Kier alpha value is -3.69. The van der Waals surface area contributed by atoms with Crippen molar-refractivity contribution < 1.29 is 28.7 Å². The number of hydrogen-bond acceptors (Lipinski definition) is 7. The molecule has 0 fully saturated rings. The van der Waals surface area contributed by atoms with Crippen LogP contribution in [0.4, 0.5) is 0 Å². The quantitative estimate of drug-likeness (QED) is 0.439. The molecule has 1 aromatic heterocycles. The number of carbonyl (C=O) groups excluding carboxylic acids is 4. The maximum Gasteiger partial charge on any atom is 0.328 e. The number of rotatable bonds is 10. The summed E-state index contributed by atoms with van der Waals surface area (Å²) in [6, 6.07) is 7.31. The van der Waals surface area contributed by atoms with Crippen LogP contribution in [-0.4, -0.2) is 51.4 Å². The lowest BCUT2D eigenvalue weighted by atomic mass is 10.0. The third kappa shape index (κ3) is 8.88. The van der Waals surface area contributed by atoms with E-state index < -0.39 is 41.4 Å². The topological polar surface area (TPSA) is 139 Å². The fourth-order valence-corrected chi connectivity index (χ4v) is 3.10. The van der Waals surface area contributed by atoms with Gasteiger partial charge in [-0.2, -0.15) is 0 Å². The van der Waals surface area contributed by atoms with Gasteiger partial charge in [0.15, 0.2) is 5.69 Å². The lowest BCUT2D eigenvalue weighted by Gasteiger charge is -2.22. The number of hydrogen-bond donors (Lipinski definition) is 3. The van der Waals surface area contributed by atoms with Crippen LogP contribution in [0.5, 0.6) is 0 Å². The number of imidazole rings is 1. The van der Waals surface area contributed by atoms with Crippen molar-refractivity contribution >= 4 is 23.8 Å². The van der Waals surface area contributed by atoms with Crippen LogP contribution >= 0.6 is 0 Å². The Labute approximate surface area is 205 Å². The van der Waals surface area contributed by atoms with Crippen molar-refractivity contribution in [3.05, 3.63) is 53.6 Å². The summed E-state index contributed by atoms with van der Waals surface area (Å²) in [7, 11) is 0. The summed E-state index contributed by atoms with van der Waals surface area (Å²) in [5, 5.41) is 5.11. The monoisotopic (exact) mass is 486 g/mol. The first-order valence-corrected chi connectivity index (χ1v) is 11.5. The zero-order chi connectivity index (χ0) is 26.2. The molecule has 0 radical (unpaired) electrons. The molecular formula is C25H34N4O6. The van der Waals surface area contributed by atoms with Crippen LogP contribution < -0.4 is 10.6 Å². The van der Waals surface area contributed by atoms with Gasteiger partial charge in [-0.05, 0) is 45.6 Å². The maximum absolute atomic E-state index is 12.9. The number of aromatic nitrogens is 2. The largest absolute Gasteiger partial charge is 0.459 e. The minimum atomic E-state index is -0.962. The molecule has 0 aliphatic rings. The third-order valence-corrected chi connectivity index (χ3v) is 4.71. The molecule has 0 saturated carbocycles. The van der Waals surface area contributed by atoms with E-state index in [4.69, 9.17) is 9.47 Å². The smallest absolute Gasteiger partial charge is 0.328 e. The van der Waals surface area contributed by atoms with Gasteiger partial charge in [-0.3, -0.25) is 9.59 Å². The van der Waals surface area contributed by atoms with Gasteiger partial charge in [0.25, 0.3) is 11.8 Å². The number of carbonyl (C=O) groups is 4. The maximum atomic E-state index is 12.9. The number of nitrogens with one attached hydrogen (secondary N) is 3. The average Bonchev–Trinajstić information content (AvgIpc) is 3.26. The van der Waals surface area contributed by atoms with E-state index in [-0.39, 0.29) is 23.9 Å². The van der Waals surface area contributed by atoms with E-state index in [1.165, 1.54) is 13.3 Å². The van der Waals surface area contributed by atoms with Crippen LogP contribution in [0.3, 0.4) is 0 Å². The molecule has 10 heteroatoms. The highest BCUT2D eigenvalue weighted by molar-refractivity contribution is 6.06. The standard InChI is InChI=1S/C25H34N4O6/c1-15(2)12-18(24(33)34-13-17-10-8-7-9-11-17)29-22(31)20-19(26-14-27-20)21(30)28-16(3)23(32)35-25(4,5)6/h7-11,14-16,18H,12-13H2,1-6H3,(H,26,27)(H,28,30)(H,29,31). The van der Waals surface area contributed by atoms with Gasteiger partial charge >= 0.3 is 11.9 Å². The summed E-state index contributed by atoms with van der Waals surface area (Å²) in [6.07, 6.45) is 1.53. The fourth-order valence-electron chi connectivity index (χ4n) is 3.10. The molecule has 1 aromatic carbocycles. The Morgan fingerprint density at radius 2 is 1.63 bits per heavy atom. The van der Waals surface area contributed by atoms with Gasteiger partial charge in [0.2, 0.25) is 0 Å². The molecule has 0 aliphatic carbocycles. The molecule has 2 rings (SSSR count). The lowest BCUT2D eigenvalue weighted by Crippen LogP contribution is -2.44. The van der Waals surface area contributed by atoms with E-state index in [2.05, 4.69) is 20.6 Å². The first-order chi connectivity index (χ1) is 16.4. The van der Waals surface area contributed by atoms with Gasteiger partial charge in [-0.15, -0.1) is 0 Å². The predicted molar refractivity (Wildman–Crippen MR) is 128 cm³/mol. The van der Waals surface area contributed by atoms with Crippen LogP contribution in [0.25, 0.3) is 0 Å². The van der Waals surface area contributed by atoms with Crippen LogP contribution in [-0.2, 0) is 25.7 Å². The Kier molecular flexibility index (Phi) is 9.56. The normalized spacial score (nSPS) is 13.0. The van der Waals surface area contributed by atoms with E-state index in [9.17, 15) is 19.2 Å². The van der Waals surface area contributed by atoms with E-state index in [0.717, 1.165) is 5.56 Å². The molecule has 0 bridgehead atoms. The summed E-state index contributed by atoms with van der Waals surface area (Å²) in [5.74, 6) is -2.55. The van der Waals surface area contributed by atoms with Crippen molar-refractivity contribution in [2.45, 2.75) is 72.3 Å². The van der Waals surface area contributed by atoms with Crippen LogP contribution in [0.1, 0.15) is 74.5 Å². The average molecular weight is 487 g/mol. The van der Waals surface area contributed by atoms with E-state index >= 15 is 0 Å². The highest BCUT2D eigenvalue weighted by Gasteiger charge is 2.29. The van der Waals surface area contributed by atoms with E-state index in [1.54, 1.807) is 20.8 Å². The van der Waals surface area contributed by atoms with Gasteiger partial charge in [0, 0.05) is 0 Å². The van der Waals surface area contributed by atoms with Gasteiger partial charge in [-0.25, -0.2) is 14.6 Å². The van der Waals surface area contributed by atoms with Crippen molar-refractivity contribution in [1.29, 1.82) is 0 Å². The Bertz CT molecular complexity index is 1030. The van der Waals surface area contributed by atoms with Crippen LogP contribution in [0, 0.1) is 5.92 Å². The fraction of sp³-hybridized carbons (Fsp3) is 0.480. The first-order valence-electron chi connectivity index (χ1n) is 11.5. The third-order valence-electron chi connectivity index (χ3n) is 4.71. The van der Waals surface area contributed by atoms with Crippen molar-refractivity contribution in [2.24, 2.45) is 5.92 Å². The summed E-state index contributed by atoms with van der Waals surface area (Å²) in [4.78, 5) is 57.1. The van der Waals surface area contributed by atoms with Crippen molar-refractivity contribution in [3.8, 4) is 0 Å². The van der Waals surface area contributed by atoms with Crippen molar-refractivity contribution in [2.75, 3.05) is 0 Å². The molecule has 1 heterocycles. The Balaban J connectivity index is 2.07. The minimum absolute atomic E-state index is 0.0738. The number of nitrogens with zero attached hydrogens (tertiary/aromatic N) is 1. The number of benzene rings is 1. The Morgan fingerprint density at radius 3 is 2.23 bits per heavy atom. The minimum Gasteiger partial charge on any atom is -0.459 e. The first kappa shape index (κ1) is 27.6. The SMILES string of the molecule is CC(C)CC(NC(=O)c1[nH]cnc1C(=O)NC(C)C(=O)OC(C)(C)C)C(=O)OCc1ccccc1. The van der Waals surface area contributed by atoms with E-state index in [0.29, 0.717) is 6.42 Å². The highest BCUT2D eigenvalue weighted by Crippen LogP contribution is 2.12. The zero-order valence-corrected chi connectivity index (χ0v) is 21.0. The van der Waals surface area contributed by atoms with Crippen LogP contribution in [0.2, 0.25) is 0 Å². The van der Waals surface area contributed by atoms with E-state index in [1.807, 2.05) is 44.2 Å².